The van der Waals surface area contributed by atoms with Crippen LogP contribution >= 0.6 is 0 Å². The minimum Gasteiger partial charge on any atom is -0.478 e. The van der Waals surface area contributed by atoms with Gasteiger partial charge in [0.2, 0.25) is 5.95 Å². The molecule has 0 aliphatic heterocycles. The predicted molar refractivity (Wildman–Crippen MR) is 66.3 cm³/mol. The molecule has 2 N–H and O–H groups in total. The van der Waals surface area contributed by atoms with E-state index in [-0.39, 0.29) is 11.6 Å². The Bertz CT molecular complexity index is 405. The summed E-state index contributed by atoms with van der Waals surface area (Å²) < 4.78 is 0. The molecule has 0 saturated heterocycles. The first-order valence-electron chi connectivity index (χ1n) is 5.73. The van der Waals surface area contributed by atoms with Crippen molar-refractivity contribution in [2.75, 3.05) is 5.32 Å². The van der Waals surface area contributed by atoms with Crippen molar-refractivity contribution in [3.8, 4) is 0 Å². The molecule has 17 heavy (non-hydrogen) atoms. The molecule has 0 aliphatic rings. The van der Waals surface area contributed by atoms with Crippen LogP contribution in [-0.2, 0) is 0 Å². The van der Waals surface area contributed by atoms with Crippen molar-refractivity contribution in [2.24, 2.45) is 5.92 Å². The number of carboxylic acid groups (broad SMARTS) is 1. The summed E-state index contributed by atoms with van der Waals surface area (Å²) in [6.07, 6.45) is 2.36. The molecule has 94 valence electrons. The zero-order valence-corrected chi connectivity index (χ0v) is 10.7. The minimum absolute atomic E-state index is 0.145. The maximum absolute atomic E-state index is 10.8. The van der Waals surface area contributed by atoms with Crippen LogP contribution in [0.3, 0.4) is 0 Å². The third-order valence-corrected chi connectivity index (χ3v) is 2.41. The molecule has 1 heterocycles. The lowest BCUT2D eigenvalue weighted by atomic mass is 10.1. The summed E-state index contributed by atoms with van der Waals surface area (Å²) in [5.41, 5.74) is 0.624. The quantitative estimate of drug-likeness (QED) is 0.822. The van der Waals surface area contributed by atoms with Gasteiger partial charge in [-0.25, -0.2) is 14.8 Å². The Balaban J connectivity index is 2.74. The standard InChI is InChI=1S/C12H19N3O2/c1-7(2)5-8(3)14-12-13-6-10(11(16)17)9(4)15-12/h6-8H,5H2,1-4H3,(H,16,17)(H,13,14,15). The van der Waals surface area contributed by atoms with E-state index in [4.69, 9.17) is 5.11 Å². The van der Waals surface area contributed by atoms with Crippen LogP contribution < -0.4 is 5.32 Å². The third-order valence-electron chi connectivity index (χ3n) is 2.41. The van der Waals surface area contributed by atoms with E-state index in [2.05, 4.69) is 36.1 Å². The average molecular weight is 237 g/mol. The highest BCUT2D eigenvalue weighted by molar-refractivity contribution is 5.88. The highest BCUT2D eigenvalue weighted by Crippen LogP contribution is 2.11. The predicted octanol–water partition coefficient (Wildman–Crippen LogP) is 2.33. The van der Waals surface area contributed by atoms with Crippen molar-refractivity contribution < 1.29 is 9.90 Å². The Morgan fingerprint density at radius 1 is 1.47 bits per heavy atom. The van der Waals surface area contributed by atoms with Gasteiger partial charge >= 0.3 is 5.97 Å². The molecule has 0 aromatic carbocycles. The third kappa shape index (κ3) is 4.01. The maximum Gasteiger partial charge on any atom is 0.339 e. The number of aromatic carboxylic acids is 1. The molecular weight excluding hydrogens is 218 g/mol. The summed E-state index contributed by atoms with van der Waals surface area (Å²) in [4.78, 5) is 18.9. The molecular formula is C12H19N3O2. The molecule has 0 aliphatic carbocycles. The lowest BCUT2D eigenvalue weighted by Crippen LogP contribution is -2.19. The Hall–Kier alpha value is -1.65. The number of nitrogens with one attached hydrogen (secondary N) is 1. The van der Waals surface area contributed by atoms with Crippen LogP contribution in [0.1, 0.15) is 43.2 Å². The van der Waals surface area contributed by atoms with Gasteiger partial charge in [0, 0.05) is 12.2 Å². The van der Waals surface area contributed by atoms with Gasteiger partial charge in [0.25, 0.3) is 0 Å². The van der Waals surface area contributed by atoms with Gasteiger partial charge in [0.1, 0.15) is 0 Å². The van der Waals surface area contributed by atoms with Crippen LogP contribution in [0.4, 0.5) is 5.95 Å². The Kier molecular flexibility index (Phi) is 4.43. The average Bonchev–Trinajstić information content (AvgIpc) is 2.15. The highest BCUT2D eigenvalue weighted by atomic mass is 16.4. The van der Waals surface area contributed by atoms with E-state index in [0.29, 0.717) is 17.6 Å². The van der Waals surface area contributed by atoms with E-state index in [1.165, 1.54) is 6.20 Å². The van der Waals surface area contributed by atoms with Crippen molar-refractivity contribution in [1.82, 2.24) is 9.97 Å². The molecule has 1 aromatic rings. The fraction of sp³-hybridized carbons (Fsp3) is 0.583. The van der Waals surface area contributed by atoms with Gasteiger partial charge in [0.05, 0.1) is 11.3 Å². The number of anilines is 1. The van der Waals surface area contributed by atoms with E-state index in [0.717, 1.165) is 6.42 Å². The van der Waals surface area contributed by atoms with Gasteiger partial charge in [-0.1, -0.05) is 13.8 Å². The van der Waals surface area contributed by atoms with Gasteiger partial charge in [-0.3, -0.25) is 0 Å². The van der Waals surface area contributed by atoms with Crippen LogP contribution in [0, 0.1) is 12.8 Å². The second kappa shape index (κ2) is 5.61. The van der Waals surface area contributed by atoms with Crippen LogP contribution in [-0.4, -0.2) is 27.1 Å². The molecule has 1 unspecified atom stereocenters. The summed E-state index contributed by atoms with van der Waals surface area (Å²) >= 11 is 0. The lowest BCUT2D eigenvalue weighted by Gasteiger charge is -2.16. The molecule has 0 spiro atoms. The zero-order chi connectivity index (χ0) is 13.0. The molecule has 1 atom stereocenters. The highest BCUT2D eigenvalue weighted by Gasteiger charge is 2.11. The fourth-order valence-corrected chi connectivity index (χ4v) is 1.73. The number of nitrogens with zero attached hydrogens (tertiary/aromatic N) is 2. The van der Waals surface area contributed by atoms with Crippen molar-refractivity contribution >= 4 is 11.9 Å². The topological polar surface area (TPSA) is 75.1 Å². The number of aryl methyl sites for hydroxylation is 1. The van der Waals surface area contributed by atoms with Gasteiger partial charge < -0.3 is 10.4 Å². The molecule has 5 heteroatoms. The maximum atomic E-state index is 10.8. The molecule has 0 saturated carbocycles. The van der Waals surface area contributed by atoms with Crippen LogP contribution in [0.2, 0.25) is 0 Å². The monoisotopic (exact) mass is 237 g/mol. The van der Waals surface area contributed by atoms with Crippen LogP contribution in [0.25, 0.3) is 0 Å². The summed E-state index contributed by atoms with van der Waals surface area (Å²) in [5.74, 6) is 0.0850. The van der Waals surface area contributed by atoms with Crippen molar-refractivity contribution in [2.45, 2.75) is 40.2 Å². The SMILES string of the molecule is Cc1nc(NC(C)CC(C)C)ncc1C(=O)O. The van der Waals surface area contributed by atoms with Gasteiger partial charge in [-0.15, -0.1) is 0 Å². The largest absolute Gasteiger partial charge is 0.478 e. The first-order valence-corrected chi connectivity index (χ1v) is 5.73. The Labute approximate surface area is 101 Å². The molecule has 0 bridgehead atoms. The van der Waals surface area contributed by atoms with Crippen molar-refractivity contribution in [3.63, 3.8) is 0 Å². The summed E-state index contributed by atoms with van der Waals surface area (Å²) in [7, 11) is 0. The number of rotatable bonds is 5. The second-order valence-corrected chi connectivity index (χ2v) is 4.67. The number of aromatic nitrogens is 2. The Morgan fingerprint density at radius 2 is 2.12 bits per heavy atom. The normalized spacial score (nSPS) is 12.5. The first kappa shape index (κ1) is 13.4. The summed E-state index contributed by atoms with van der Waals surface area (Å²) in [6, 6.07) is 0.269. The van der Waals surface area contributed by atoms with Crippen LogP contribution in [0.5, 0.6) is 0 Å². The number of hydrogen-bond donors (Lipinski definition) is 2. The van der Waals surface area contributed by atoms with Gasteiger partial charge in [0.15, 0.2) is 0 Å². The number of carbonyl (C=O) groups is 1. The van der Waals surface area contributed by atoms with Crippen molar-refractivity contribution in [1.29, 1.82) is 0 Å². The number of carboxylic acids is 1. The second-order valence-electron chi connectivity index (χ2n) is 4.67. The van der Waals surface area contributed by atoms with E-state index in [9.17, 15) is 4.79 Å². The lowest BCUT2D eigenvalue weighted by molar-refractivity contribution is 0.0695. The zero-order valence-electron chi connectivity index (χ0n) is 10.7. The number of hydrogen-bond acceptors (Lipinski definition) is 4. The van der Waals surface area contributed by atoms with Gasteiger partial charge in [-0.05, 0) is 26.2 Å². The molecule has 0 amide bonds. The molecule has 1 aromatic heterocycles. The smallest absolute Gasteiger partial charge is 0.339 e. The fourth-order valence-electron chi connectivity index (χ4n) is 1.73. The van der Waals surface area contributed by atoms with Gasteiger partial charge in [-0.2, -0.15) is 0 Å². The van der Waals surface area contributed by atoms with E-state index >= 15 is 0 Å². The van der Waals surface area contributed by atoms with E-state index in [1.54, 1.807) is 6.92 Å². The minimum atomic E-state index is -0.996. The van der Waals surface area contributed by atoms with E-state index in [1.807, 2.05) is 0 Å². The molecule has 0 radical (unpaired) electrons. The molecule has 5 nitrogen and oxygen atoms in total. The summed E-state index contributed by atoms with van der Waals surface area (Å²) in [5, 5.41) is 12.0. The molecule has 0 fully saturated rings. The molecule has 1 rings (SSSR count). The first-order chi connectivity index (χ1) is 7.90. The van der Waals surface area contributed by atoms with Crippen LogP contribution in [0.15, 0.2) is 6.20 Å². The van der Waals surface area contributed by atoms with Crippen molar-refractivity contribution in [3.05, 3.63) is 17.5 Å². The van der Waals surface area contributed by atoms with E-state index < -0.39 is 5.97 Å². The Morgan fingerprint density at radius 3 is 2.59 bits per heavy atom. The summed E-state index contributed by atoms with van der Waals surface area (Å²) in [6.45, 7) is 8.03.